The number of carbonyl (C=O) groups excluding carboxylic acids is 3. The van der Waals surface area contributed by atoms with Gasteiger partial charge in [0.1, 0.15) is 11.9 Å². The molecule has 1 aliphatic rings. The summed E-state index contributed by atoms with van der Waals surface area (Å²) in [5.41, 5.74) is 0.770. The summed E-state index contributed by atoms with van der Waals surface area (Å²) in [4.78, 5) is 37.4. The maximum atomic E-state index is 13.6. The molecule has 1 N–H and O–H groups in total. The third kappa shape index (κ3) is 4.60. The molecule has 1 aromatic carbocycles. The number of aryl methyl sites for hydroxylation is 1. The van der Waals surface area contributed by atoms with E-state index in [1.807, 2.05) is 0 Å². The van der Waals surface area contributed by atoms with Gasteiger partial charge in [0.05, 0.1) is 23.5 Å². The van der Waals surface area contributed by atoms with E-state index in [4.69, 9.17) is 4.74 Å². The molecular formula is C17H19FN2O4S. The smallest absolute Gasteiger partial charge is 0.333 e. The summed E-state index contributed by atoms with van der Waals surface area (Å²) in [6.07, 6.45) is 1.20. The molecule has 1 aromatic rings. The summed E-state index contributed by atoms with van der Waals surface area (Å²) in [7, 11) is 0. The molecule has 6 nitrogen and oxygen atoms in total. The molecule has 8 heteroatoms. The molecule has 1 atom stereocenters. The first-order valence-corrected chi connectivity index (χ1v) is 8.72. The second-order valence-corrected chi connectivity index (χ2v) is 6.41. The van der Waals surface area contributed by atoms with Crippen LogP contribution in [0.15, 0.2) is 29.3 Å². The number of hydrogen-bond acceptors (Lipinski definition) is 5. The fraction of sp³-hybridized carbons (Fsp3) is 0.353. The van der Waals surface area contributed by atoms with Gasteiger partial charge in [0, 0.05) is 5.69 Å². The molecule has 1 saturated heterocycles. The van der Waals surface area contributed by atoms with E-state index in [1.165, 1.54) is 28.8 Å². The number of anilines is 1. The predicted octanol–water partition coefficient (Wildman–Crippen LogP) is 2.44. The highest BCUT2D eigenvalue weighted by atomic mass is 32.2. The van der Waals surface area contributed by atoms with Crippen LogP contribution < -0.4 is 5.32 Å². The topological polar surface area (TPSA) is 75.7 Å². The average Bonchev–Trinajstić information content (AvgIpc) is 2.90. The highest BCUT2D eigenvalue weighted by Crippen LogP contribution is 2.31. The number of halogens is 1. The lowest BCUT2D eigenvalue weighted by molar-refractivity contribution is -0.137. The second kappa shape index (κ2) is 8.15. The number of nitrogens with zero attached hydrogens (tertiary/aromatic N) is 1. The quantitative estimate of drug-likeness (QED) is 0.640. The summed E-state index contributed by atoms with van der Waals surface area (Å²) < 4.78 is 18.4. The number of hydrogen-bond donors (Lipinski definition) is 1. The Bertz CT molecular complexity index is 735. The van der Waals surface area contributed by atoms with Gasteiger partial charge in [-0.1, -0.05) is 17.8 Å². The summed E-state index contributed by atoms with van der Waals surface area (Å²) in [5.74, 6) is -1.62. The highest BCUT2D eigenvalue weighted by molar-refractivity contribution is 8.04. The van der Waals surface area contributed by atoms with E-state index in [0.29, 0.717) is 16.3 Å². The second-order valence-electron chi connectivity index (χ2n) is 5.42. The Labute approximate surface area is 149 Å². The number of thioether (sulfide) groups is 1. The van der Waals surface area contributed by atoms with Crippen molar-refractivity contribution in [2.24, 2.45) is 0 Å². The zero-order chi connectivity index (χ0) is 18.6. The SMILES string of the molecule is CCOC(=O)/C=C1\SCC(=O)N1C(C)C(=O)Nc1ccc(C)c(F)c1. The van der Waals surface area contributed by atoms with Crippen LogP contribution in [-0.2, 0) is 19.1 Å². The van der Waals surface area contributed by atoms with Gasteiger partial charge in [-0.05, 0) is 38.5 Å². The molecule has 1 unspecified atom stereocenters. The minimum Gasteiger partial charge on any atom is -0.463 e. The summed E-state index contributed by atoms with van der Waals surface area (Å²) in [6, 6.07) is 3.50. The number of amides is 2. The zero-order valence-corrected chi connectivity index (χ0v) is 15.0. The van der Waals surface area contributed by atoms with Crippen molar-refractivity contribution in [1.82, 2.24) is 4.90 Å². The molecule has 2 amide bonds. The Morgan fingerprint density at radius 2 is 2.20 bits per heavy atom. The summed E-state index contributed by atoms with van der Waals surface area (Å²) >= 11 is 1.17. The first-order valence-electron chi connectivity index (χ1n) is 7.73. The van der Waals surface area contributed by atoms with Gasteiger partial charge in [0.15, 0.2) is 0 Å². The lowest BCUT2D eigenvalue weighted by atomic mass is 10.2. The van der Waals surface area contributed by atoms with E-state index in [1.54, 1.807) is 32.9 Å². The molecule has 25 heavy (non-hydrogen) atoms. The van der Waals surface area contributed by atoms with E-state index in [9.17, 15) is 18.8 Å². The van der Waals surface area contributed by atoms with Gasteiger partial charge < -0.3 is 10.1 Å². The number of rotatable bonds is 5. The van der Waals surface area contributed by atoms with E-state index in [-0.39, 0.29) is 18.3 Å². The van der Waals surface area contributed by atoms with Crippen LogP contribution >= 0.6 is 11.8 Å². The van der Waals surface area contributed by atoms with Crippen LogP contribution in [-0.4, -0.2) is 41.1 Å². The molecule has 1 fully saturated rings. The molecule has 0 aromatic heterocycles. The molecule has 0 saturated carbocycles. The molecule has 1 aliphatic heterocycles. The number of nitrogens with one attached hydrogen (secondary N) is 1. The monoisotopic (exact) mass is 366 g/mol. The fourth-order valence-electron chi connectivity index (χ4n) is 2.24. The van der Waals surface area contributed by atoms with Gasteiger partial charge in [0.2, 0.25) is 11.8 Å². The lowest BCUT2D eigenvalue weighted by Crippen LogP contribution is -2.42. The largest absolute Gasteiger partial charge is 0.463 e. The molecular weight excluding hydrogens is 347 g/mol. The lowest BCUT2D eigenvalue weighted by Gasteiger charge is -2.24. The van der Waals surface area contributed by atoms with Crippen molar-refractivity contribution in [1.29, 1.82) is 0 Å². The number of benzene rings is 1. The Morgan fingerprint density at radius 1 is 1.48 bits per heavy atom. The molecule has 134 valence electrons. The first kappa shape index (κ1) is 19.0. The molecule has 0 aliphatic carbocycles. The van der Waals surface area contributed by atoms with Gasteiger partial charge in [0.25, 0.3) is 0 Å². The van der Waals surface area contributed by atoms with Gasteiger partial charge in [-0.25, -0.2) is 9.18 Å². The highest BCUT2D eigenvalue weighted by Gasteiger charge is 2.35. The Hall–Kier alpha value is -2.35. The van der Waals surface area contributed by atoms with Gasteiger partial charge in [-0.15, -0.1) is 0 Å². The van der Waals surface area contributed by atoms with E-state index in [0.717, 1.165) is 0 Å². The Morgan fingerprint density at radius 3 is 2.84 bits per heavy atom. The van der Waals surface area contributed by atoms with Crippen molar-refractivity contribution in [3.05, 3.63) is 40.7 Å². The molecule has 0 spiro atoms. The van der Waals surface area contributed by atoms with Crippen LogP contribution in [0.25, 0.3) is 0 Å². The van der Waals surface area contributed by atoms with Crippen molar-refractivity contribution in [2.45, 2.75) is 26.8 Å². The van der Waals surface area contributed by atoms with Crippen LogP contribution in [0.5, 0.6) is 0 Å². The minimum atomic E-state index is -0.854. The van der Waals surface area contributed by atoms with Crippen molar-refractivity contribution >= 4 is 35.2 Å². The van der Waals surface area contributed by atoms with Crippen molar-refractivity contribution in [3.8, 4) is 0 Å². The van der Waals surface area contributed by atoms with Gasteiger partial charge in [-0.3, -0.25) is 14.5 Å². The maximum Gasteiger partial charge on any atom is 0.333 e. The summed E-state index contributed by atoms with van der Waals surface area (Å²) in [5, 5.41) is 2.94. The van der Waals surface area contributed by atoms with Crippen molar-refractivity contribution < 1.29 is 23.5 Å². The van der Waals surface area contributed by atoms with Crippen LogP contribution in [0.4, 0.5) is 10.1 Å². The van der Waals surface area contributed by atoms with Crippen molar-refractivity contribution in [3.63, 3.8) is 0 Å². The normalized spacial score (nSPS) is 16.9. The van der Waals surface area contributed by atoms with Gasteiger partial charge in [-0.2, -0.15) is 0 Å². The molecule has 2 rings (SSSR count). The number of esters is 1. The maximum absolute atomic E-state index is 13.6. The Balaban J connectivity index is 2.14. The predicted molar refractivity (Wildman–Crippen MR) is 93.2 cm³/mol. The summed E-state index contributed by atoms with van der Waals surface area (Å²) in [6.45, 7) is 5.06. The van der Waals surface area contributed by atoms with Crippen LogP contribution in [0.1, 0.15) is 19.4 Å². The zero-order valence-electron chi connectivity index (χ0n) is 14.2. The Kier molecular flexibility index (Phi) is 6.19. The first-order chi connectivity index (χ1) is 11.8. The molecule has 0 bridgehead atoms. The molecule has 0 radical (unpaired) electrons. The van der Waals surface area contributed by atoms with Crippen LogP contribution in [0.3, 0.4) is 0 Å². The number of carbonyl (C=O) groups is 3. The number of ether oxygens (including phenoxy) is 1. The third-order valence-corrected chi connectivity index (χ3v) is 4.59. The molecule has 1 heterocycles. The van der Waals surface area contributed by atoms with E-state index >= 15 is 0 Å². The van der Waals surface area contributed by atoms with E-state index in [2.05, 4.69) is 5.32 Å². The average molecular weight is 366 g/mol. The van der Waals surface area contributed by atoms with Gasteiger partial charge >= 0.3 is 5.97 Å². The minimum absolute atomic E-state index is 0.141. The third-order valence-electron chi connectivity index (χ3n) is 3.58. The van der Waals surface area contributed by atoms with Crippen LogP contribution in [0.2, 0.25) is 0 Å². The fourth-order valence-corrected chi connectivity index (χ4v) is 3.22. The van der Waals surface area contributed by atoms with Crippen LogP contribution in [0, 0.1) is 12.7 Å². The standard InChI is InChI=1S/C17H19FN2O4S/c1-4-24-16(22)8-15-20(14(21)9-25-15)11(3)17(23)19-12-6-5-10(2)13(18)7-12/h5-8,11H,4,9H2,1-3H3,(H,19,23)/b15-8-. The van der Waals surface area contributed by atoms with Crippen molar-refractivity contribution in [2.75, 3.05) is 17.7 Å². The van der Waals surface area contributed by atoms with E-state index < -0.39 is 23.7 Å².